The molecule has 1 N–H and O–H groups in total. The third kappa shape index (κ3) is 4.35. The Labute approximate surface area is 155 Å². The van der Waals surface area contributed by atoms with E-state index in [1.54, 1.807) is 44.6 Å². The first-order valence-corrected chi connectivity index (χ1v) is 8.20. The molecule has 0 radical (unpaired) electrons. The first-order valence-electron chi connectivity index (χ1n) is 8.20. The van der Waals surface area contributed by atoms with Crippen LogP contribution < -0.4 is 20.3 Å². The second kappa shape index (κ2) is 8.22. The van der Waals surface area contributed by atoms with Gasteiger partial charge >= 0.3 is 0 Å². The van der Waals surface area contributed by atoms with E-state index in [2.05, 4.69) is 10.4 Å². The Bertz CT molecular complexity index is 979. The zero-order valence-corrected chi connectivity index (χ0v) is 15.0. The zero-order valence-electron chi connectivity index (χ0n) is 15.0. The predicted molar refractivity (Wildman–Crippen MR) is 97.6 cm³/mol. The largest absolute Gasteiger partial charge is 0.493 e. The summed E-state index contributed by atoms with van der Waals surface area (Å²) in [6.07, 6.45) is 1.52. The molecule has 1 amide bonds. The molecule has 3 aromatic rings. The summed E-state index contributed by atoms with van der Waals surface area (Å²) < 4.78 is 16.8. The molecule has 2 heterocycles. The van der Waals surface area contributed by atoms with Gasteiger partial charge in [0.05, 0.1) is 20.5 Å². The number of amides is 1. The minimum atomic E-state index is -0.369. The van der Waals surface area contributed by atoms with Gasteiger partial charge in [-0.2, -0.15) is 5.10 Å². The number of methoxy groups -OCH3 is 2. The SMILES string of the molecule is COc1ccc(CNC(=O)Cn2nc(-c3ccco3)ccc2=O)cc1OC. The lowest BCUT2D eigenvalue weighted by atomic mass is 10.2. The van der Waals surface area contributed by atoms with Crippen LogP contribution in [0, 0.1) is 0 Å². The number of hydrogen-bond donors (Lipinski definition) is 1. The van der Waals surface area contributed by atoms with Gasteiger partial charge in [-0.3, -0.25) is 9.59 Å². The fourth-order valence-corrected chi connectivity index (χ4v) is 2.50. The van der Waals surface area contributed by atoms with Gasteiger partial charge in [0.15, 0.2) is 17.3 Å². The molecule has 0 aliphatic heterocycles. The van der Waals surface area contributed by atoms with Crippen LogP contribution in [-0.4, -0.2) is 29.9 Å². The lowest BCUT2D eigenvalue weighted by molar-refractivity contribution is -0.122. The summed E-state index contributed by atoms with van der Waals surface area (Å²) in [6.45, 7) is 0.0898. The third-order valence-electron chi connectivity index (χ3n) is 3.87. The van der Waals surface area contributed by atoms with Gasteiger partial charge in [-0.25, -0.2) is 4.68 Å². The van der Waals surface area contributed by atoms with Crippen LogP contribution in [0.1, 0.15) is 5.56 Å². The molecule has 0 atom stereocenters. The van der Waals surface area contributed by atoms with Crippen LogP contribution in [0.5, 0.6) is 11.5 Å². The maximum absolute atomic E-state index is 12.2. The van der Waals surface area contributed by atoms with Crippen molar-refractivity contribution in [3.8, 4) is 23.0 Å². The highest BCUT2D eigenvalue weighted by Gasteiger charge is 2.10. The molecule has 0 fully saturated rings. The number of nitrogens with zero attached hydrogens (tertiary/aromatic N) is 2. The zero-order chi connectivity index (χ0) is 19.2. The highest BCUT2D eigenvalue weighted by Crippen LogP contribution is 2.27. The minimum absolute atomic E-state index is 0.194. The van der Waals surface area contributed by atoms with Gasteiger partial charge < -0.3 is 19.2 Å². The van der Waals surface area contributed by atoms with Crippen molar-refractivity contribution in [2.24, 2.45) is 0 Å². The minimum Gasteiger partial charge on any atom is -0.493 e. The van der Waals surface area contributed by atoms with Gasteiger partial charge in [0.1, 0.15) is 12.2 Å². The van der Waals surface area contributed by atoms with Gasteiger partial charge in [0.25, 0.3) is 5.56 Å². The Morgan fingerprint density at radius 2 is 1.96 bits per heavy atom. The molecule has 3 rings (SSSR count). The standard InChI is InChI=1S/C19H19N3O5/c1-25-16-7-5-13(10-17(16)26-2)11-20-18(23)12-22-19(24)8-6-14(21-22)15-4-3-9-27-15/h3-10H,11-12H2,1-2H3,(H,20,23). The van der Waals surface area contributed by atoms with E-state index < -0.39 is 0 Å². The van der Waals surface area contributed by atoms with Crippen LogP contribution in [0.25, 0.3) is 11.5 Å². The molecule has 0 saturated heterocycles. The van der Waals surface area contributed by atoms with E-state index in [1.165, 1.54) is 12.3 Å². The Hall–Kier alpha value is -3.55. The molecule has 0 unspecified atom stereocenters. The monoisotopic (exact) mass is 369 g/mol. The Morgan fingerprint density at radius 1 is 1.15 bits per heavy atom. The molecule has 2 aromatic heterocycles. The molecule has 0 aliphatic rings. The fraction of sp³-hybridized carbons (Fsp3) is 0.211. The van der Waals surface area contributed by atoms with Crippen LogP contribution in [0.3, 0.4) is 0 Å². The summed E-state index contributed by atoms with van der Waals surface area (Å²) >= 11 is 0. The first kappa shape index (κ1) is 18.2. The van der Waals surface area contributed by atoms with Crippen LogP contribution >= 0.6 is 0 Å². The Balaban J connectivity index is 1.66. The van der Waals surface area contributed by atoms with E-state index in [4.69, 9.17) is 13.9 Å². The number of furan rings is 1. The fourth-order valence-electron chi connectivity index (χ4n) is 2.50. The molecule has 140 valence electrons. The molecule has 8 nitrogen and oxygen atoms in total. The van der Waals surface area contributed by atoms with E-state index in [1.807, 2.05) is 6.07 Å². The highest BCUT2D eigenvalue weighted by molar-refractivity contribution is 5.75. The van der Waals surface area contributed by atoms with E-state index in [0.717, 1.165) is 10.2 Å². The first-order chi connectivity index (χ1) is 13.1. The summed E-state index contributed by atoms with van der Waals surface area (Å²) in [4.78, 5) is 24.2. The number of benzene rings is 1. The molecule has 8 heteroatoms. The number of hydrogen-bond acceptors (Lipinski definition) is 6. The van der Waals surface area contributed by atoms with Gasteiger partial charge in [0, 0.05) is 12.6 Å². The average Bonchev–Trinajstić information content (AvgIpc) is 3.22. The van der Waals surface area contributed by atoms with Crippen molar-refractivity contribution < 1.29 is 18.7 Å². The van der Waals surface area contributed by atoms with Gasteiger partial charge in [-0.1, -0.05) is 6.07 Å². The maximum Gasteiger partial charge on any atom is 0.267 e. The van der Waals surface area contributed by atoms with Crippen molar-refractivity contribution in [2.75, 3.05) is 14.2 Å². The van der Waals surface area contributed by atoms with Crippen LogP contribution in [0.2, 0.25) is 0 Å². The lowest BCUT2D eigenvalue weighted by Crippen LogP contribution is -2.33. The molecular formula is C19H19N3O5. The predicted octanol–water partition coefficient (Wildman–Crippen LogP) is 1.84. The average molecular weight is 369 g/mol. The molecule has 0 bridgehead atoms. The highest BCUT2D eigenvalue weighted by atomic mass is 16.5. The van der Waals surface area contributed by atoms with Crippen molar-refractivity contribution in [3.05, 3.63) is 64.6 Å². The summed E-state index contributed by atoms with van der Waals surface area (Å²) in [5.74, 6) is 1.37. The number of nitrogens with one attached hydrogen (secondary N) is 1. The summed E-state index contributed by atoms with van der Waals surface area (Å²) in [5, 5.41) is 6.93. The second-order valence-corrected chi connectivity index (χ2v) is 5.66. The van der Waals surface area contributed by atoms with Crippen molar-refractivity contribution in [1.29, 1.82) is 0 Å². The van der Waals surface area contributed by atoms with E-state index >= 15 is 0 Å². The number of carbonyl (C=O) groups is 1. The normalized spacial score (nSPS) is 10.4. The molecule has 0 saturated carbocycles. The van der Waals surface area contributed by atoms with Crippen LogP contribution in [0.4, 0.5) is 0 Å². The molecule has 27 heavy (non-hydrogen) atoms. The van der Waals surface area contributed by atoms with Crippen LogP contribution in [-0.2, 0) is 17.9 Å². The smallest absolute Gasteiger partial charge is 0.267 e. The second-order valence-electron chi connectivity index (χ2n) is 5.66. The Kier molecular flexibility index (Phi) is 5.55. The lowest BCUT2D eigenvalue weighted by Gasteiger charge is -2.11. The van der Waals surface area contributed by atoms with Crippen molar-refractivity contribution in [1.82, 2.24) is 15.1 Å². The maximum atomic E-state index is 12.2. The quantitative estimate of drug-likeness (QED) is 0.683. The number of ether oxygens (including phenoxy) is 2. The summed E-state index contributed by atoms with van der Waals surface area (Å²) in [7, 11) is 3.10. The van der Waals surface area contributed by atoms with E-state index in [0.29, 0.717) is 23.0 Å². The number of aromatic nitrogens is 2. The van der Waals surface area contributed by atoms with Crippen molar-refractivity contribution >= 4 is 5.91 Å². The number of rotatable bonds is 7. The van der Waals surface area contributed by atoms with E-state index in [-0.39, 0.29) is 24.6 Å². The van der Waals surface area contributed by atoms with Crippen molar-refractivity contribution in [2.45, 2.75) is 13.1 Å². The summed E-state index contributed by atoms with van der Waals surface area (Å²) in [6, 6.07) is 11.7. The van der Waals surface area contributed by atoms with Gasteiger partial charge in [-0.05, 0) is 35.9 Å². The van der Waals surface area contributed by atoms with E-state index in [9.17, 15) is 9.59 Å². The van der Waals surface area contributed by atoms with Gasteiger partial charge in [-0.15, -0.1) is 0 Å². The topological polar surface area (TPSA) is 95.6 Å². The molecule has 0 spiro atoms. The van der Waals surface area contributed by atoms with Gasteiger partial charge in [0.2, 0.25) is 5.91 Å². The molecule has 1 aromatic carbocycles. The van der Waals surface area contributed by atoms with Crippen LogP contribution in [0.15, 0.2) is 57.9 Å². The van der Waals surface area contributed by atoms with Crippen molar-refractivity contribution in [3.63, 3.8) is 0 Å². The third-order valence-corrected chi connectivity index (χ3v) is 3.87. The number of carbonyl (C=O) groups excluding carboxylic acids is 1. The Morgan fingerprint density at radius 3 is 2.67 bits per heavy atom. The molecular weight excluding hydrogens is 350 g/mol. The molecule has 0 aliphatic carbocycles. The summed E-state index contributed by atoms with van der Waals surface area (Å²) in [5.41, 5.74) is 0.949.